The minimum atomic E-state index is -3.38. The molecule has 25 heavy (non-hydrogen) atoms. The molecule has 4 rings (SSSR count). The van der Waals surface area contributed by atoms with Gasteiger partial charge in [0.2, 0.25) is 0 Å². The third-order valence-electron chi connectivity index (χ3n) is 4.35. The molecule has 0 amide bonds. The van der Waals surface area contributed by atoms with E-state index in [4.69, 9.17) is 0 Å². The Labute approximate surface area is 158 Å². The van der Waals surface area contributed by atoms with E-state index in [2.05, 4.69) is 30.2 Å². The van der Waals surface area contributed by atoms with Crippen molar-refractivity contribution in [1.82, 2.24) is 18.6 Å². The van der Waals surface area contributed by atoms with E-state index in [-0.39, 0.29) is 0 Å². The Hall–Kier alpha value is -1.26. The molecule has 0 unspecified atom stereocenters. The van der Waals surface area contributed by atoms with Gasteiger partial charge in [-0.25, -0.2) is 13.4 Å². The first-order valence-electron chi connectivity index (χ1n) is 7.93. The van der Waals surface area contributed by atoms with Gasteiger partial charge in [0, 0.05) is 38.9 Å². The van der Waals surface area contributed by atoms with Crippen molar-refractivity contribution in [3.63, 3.8) is 0 Å². The van der Waals surface area contributed by atoms with E-state index in [1.807, 2.05) is 30.6 Å². The van der Waals surface area contributed by atoms with Crippen LogP contribution in [0.25, 0.3) is 5.65 Å². The number of aromatic nitrogens is 2. The number of halogens is 1. The number of fused-ring (bicyclic) bond motifs is 1. The molecule has 4 heterocycles. The standard InChI is InChI=1S/C16H17BrN4O2S2/c17-14-4-5-16(24-14)25(22,23)20-9-7-19(8-10-20)12-13-11-18-15-3-1-2-6-21(13)15/h1-6,11H,7-10,12H2. The molecule has 1 saturated heterocycles. The highest BCUT2D eigenvalue weighted by atomic mass is 79.9. The molecule has 0 aromatic carbocycles. The Morgan fingerprint density at radius 3 is 2.64 bits per heavy atom. The van der Waals surface area contributed by atoms with Gasteiger partial charge in [0.05, 0.1) is 15.7 Å². The summed E-state index contributed by atoms with van der Waals surface area (Å²) in [6, 6.07) is 9.38. The molecule has 0 spiro atoms. The minimum Gasteiger partial charge on any atom is -0.303 e. The van der Waals surface area contributed by atoms with Crippen LogP contribution in [0.3, 0.4) is 0 Å². The molecule has 132 valence electrons. The predicted molar refractivity (Wildman–Crippen MR) is 101 cm³/mol. The van der Waals surface area contributed by atoms with Crippen LogP contribution in [-0.2, 0) is 16.6 Å². The molecule has 0 aliphatic carbocycles. The second-order valence-corrected chi connectivity index (χ2v) is 10.5. The number of imidazole rings is 1. The summed E-state index contributed by atoms with van der Waals surface area (Å²) >= 11 is 4.59. The van der Waals surface area contributed by atoms with Gasteiger partial charge in [0.25, 0.3) is 10.0 Å². The van der Waals surface area contributed by atoms with Crippen LogP contribution in [0.15, 0.2) is 50.7 Å². The van der Waals surface area contributed by atoms with E-state index in [9.17, 15) is 8.42 Å². The Bertz CT molecular complexity index is 990. The van der Waals surface area contributed by atoms with E-state index in [0.29, 0.717) is 30.4 Å². The zero-order valence-corrected chi connectivity index (χ0v) is 16.6. The van der Waals surface area contributed by atoms with E-state index >= 15 is 0 Å². The first kappa shape index (κ1) is 17.2. The topological polar surface area (TPSA) is 57.9 Å². The van der Waals surface area contributed by atoms with Crippen molar-refractivity contribution < 1.29 is 8.42 Å². The highest BCUT2D eigenvalue weighted by molar-refractivity contribution is 9.11. The Kier molecular flexibility index (Phi) is 4.67. The lowest BCUT2D eigenvalue weighted by atomic mass is 10.3. The van der Waals surface area contributed by atoms with Gasteiger partial charge in [-0.3, -0.25) is 4.90 Å². The first-order valence-corrected chi connectivity index (χ1v) is 11.0. The molecule has 1 aliphatic heterocycles. The van der Waals surface area contributed by atoms with Crippen LogP contribution in [0.1, 0.15) is 5.69 Å². The molecule has 0 bridgehead atoms. The van der Waals surface area contributed by atoms with Crippen molar-refractivity contribution in [2.24, 2.45) is 0 Å². The predicted octanol–water partition coefficient (Wildman–Crippen LogP) is 2.66. The SMILES string of the molecule is O=S(=O)(c1ccc(Br)s1)N1CCN(Cc2cnc3ccccn23)CC1. The van der Waals surface area contributed by atoms with E-state index in [1.54, 1.807) is 16.4 Å². The average Bonchev–Trinajstić information content (AvgIpc) is 3.23. The van der Waals surface area contributed by atoms with Gasteiger partial charge in [0.15, 0.2) is 0 Å². The maximum absolute atomic E-state index is 12.7. The van der Waals surface area contributed by atoms with Crippen LogP contribution in [0.5, 0.6) is 0 Å². The van der Waals surface area contributed by atoms with Gasteiger partial charge in [-0.15, -0.1) is 11.3 Å². The van der Waals surface area contributed by atoms with Crippen molar-refractivity contribution in [1.29, 1.82) is 0 Å². The zero-order chi connectivity index (χ0) is 17.4. The molecule has 1 fully saturated rings. The number of nitrogens with zero attached hydrogens (tertiary/aromatic N) is 4. The number of thiophene rings is 1. The van der Waals surface area contributed by atoms with Crippen LogP contribution in [0.4, 0.5) is 0 Å². The van der Waals surface area contributed by atoms with Gasteiger partial charge < -0.3 is 4.40 Å². The summed E-state index contributed by atoms with van der Waals surface area (Å²) in [7, 11) is -3.38. The number of pyridine rings is 1. The van der Waals surface area contributed by atoms with Crippen LogP contribution < -0.4 is 0 Å². The fourth-order valence-electron chi connectivity index (χ4n) is 3.02. The first-order chi connectivity index (χ1) is 12.0. The third kappa shape index (κ3) is 3.39. The third-order valence-corrected chi connectivity index (χ3v) is 8.34. The van der Waals surface area contributed by atoms with Gasteiger partial charge in [-0.2, -0.15) is 4.31 Å². The summed E-state index contributed by atoms with van der Waals surface area (Å²) in [4.78, 5) is 6.68. The molecule has 1 aliphatic rings. The highest BCUT2D eigenvalue weighted by Gasteiger charge is 2.29. The Balaban J connectivity index is 1.43. The summed E-state index contributed by atoms with van der Waals surface area (Å²) in [5, 5.41) is 0. The van der Waals surface area contributed by atoms with Crippen LogP contribution in [0, 0.1) is 0 Å². The zero-order valence-electron chi connectivity index (χ0n) is 13.4. The van der Waals surface area contributed by atoms with Gasteiger partial charge in [0.1, 0.15) is 9.86 Å². The largest absolute Gasteiger partial charge is 0.303 e. The lowest BCUT2D eigenvalue weighted by Crippen LogP contribution is -2.48. The highest BCUT2D eigenvalue weighted by Crippen LogP contribution is 2.29. The normalized spacial score (nSPS) is 17.3. The van der Waals surface area contributed by atoms with Gasteiger partial charge in [-0.1, -0.05) is 6.07 Å². The molecule has 9 heteroatoms. The van der Waals surface area contributed by atoms with Crippen molar-refractivity contribution in [2.45, 2.75) is 10.8 Å². The lowest BCUT2D eigenvalue weighted by molar-refractivity contribution is 0.180. The lowest BCUT2D eigenvalue weighted by Gasteiger charge is -2.33. The van der Waals surface area contributed by atoms with Crippen molar-refractivity contribution in [3.8, 4) is 0 Å². The molecule has 0 radical (unpaired) electrons. The van der Waals surface area contributed by atoms with E-state index in [1.165, 1.54) is 11.3 Å². The molecular formula is C16H17BrN4O2S2. The quantitative estimate of drug-likeness (QED) is 0.625. The molecule has 0 atom stereocenters. The summed E-state index contributed by atoms with van der Waals surface area (Å²) in [6.45, 7) is 3.21. The van der Waals surface area contributed by atoms with Crippen molar-refractivity contribution in [2.75, 3.05) is 26.2 Å². The summed E-state index contributed by atoms with van der Waals surface area (Å²) in [5.41, 5.74) is 2.05. The number of hydrogen-bond donors (Lipinski definition) is 0. The average molecular weight is 441 g/mol. The smallest absolute Gasteiger partial charge is 0.252 e. The minimum absolute atomic E-state index is 0.398. The van der Waals surface area contributed by atoms with Gasteiger partial charge >= 0.3 is 0 Å². The van der Waals surface area contributed by atoms with E-state index in [0.717, 1.165) is 21.7 Å². The summed E-state index contributed by atoms with van der Waals surface area (Å²) in [6.07, 6.45) is 3.90. The number of rotatable bonds is 4. The maximum atomic E-state index is 12.7. The van der Waals surface area contributed by atoms with Crippen molar-refractivity contribution in [3.05, 3.63) is 52.2 Å². The van der Waals surface area contributed by atoms with E-state index < -0.39 is 10.0 Å². The molecule has 3 aromatic heterocycles. The summed E-state index contributed by atoms with van der Waals surface area (Å²) < 4.78 is 30.2. The number of hydrogen-bond acceptors (Lipinski definition) is 5. The Morgan fingerprint density at radius 1 is 1.12 bits per heavy atom. The van der Waals surface area contributed by atoms with Crippen LogP contribution in [-0.4, -0.2) is 53.2 Å². The Morgan fingerprint density at radius 2 is 1.92 bits per heavy atom. The van der Waals surface area contributed by atoms with Gasteiger partial charge in [-0.05, 0) is 40.2 Å². The monoisotopic (exact) mass is 440 g/mol. The maximum Gasteiger partial charge on any atom is 0.252 e. The molecule has 0 N–H and O–H groups in total. The number of sulfonamides is 1. The fraction of sp³-hybridized carbons (Fsp3) is 0.312. The second kappa shape index (κ2) is 6.81. The molecule has 6 nitrogen and oxygen atoms in total. The second-order valence-electron chi connectivity index (χ2n) is 5.92. The summed E-state index contributed by atoms with van der Waals surface area (Å²) in [5.74, 6) is 0. The van der Waals surface area contributed by atoms with Crippen molar-refractivity contribution >= 4 is 42.9 Å². The molecule has 0 saturated carbocycles. The molecular weight excluding hydrogens is 424 g/mol. The fourth-order valence-corrected chi connectivity index (χ4v) is 6.61. The van der Waals surface area contributed by atoms with Crippen LogP contribution >= 0.6 is 27.3 Å². The number of piperazine rings is 1. The molecule has 3 aromatic rings. The van der Waals surface area contributed by atoms with Crippen LogP contribution in [0.2, 0.25) is 0 Å².